The number of Topliss-reactive ketones (excluding diaryl/α,β-unsaturated/α-hetero) is 1. The second-order valence-corrected chi connectivity index (χ2v) is 6.71. The zero-order chi connectivity index (χ0) is 20.6. The molecule has 0 aliphatic rings. The molecule has 0 radical (unpaired) electrons. The van der Waals surface area contributed by atoms with Gasteiger partial charge in [-0.05, 0) is 61.9 Å². The van der Waals surface area contributed by atoms with E-state index in [1.165, 1.54) is 0 Å². The molecule has 0 saturated carbocycles. The van der Waals surface area contributed by atoms with Crippen LogP contribution in [0.2, 0.25) is 0 Å². The van der Waals surface area contributed by atoms with Crippen LogP contribution in [0.5, 0.6) is 5.75 Å². The Morgan fingerprint density at radius 3 is 2.24 bits per heavy atom. The lowest BCUT2D eigenvalue weighted by molar-refractivity contribution is -0.144. The van der Waals surface area contributed by atoms with Gasteiger partial charge in [-0.2, -0.15) is 0 Å². The monoisotopic (exact) mass is 389 g/mol. The lowest BCUT2D eigenvalue weighted by Gasteiger charge is -2.10. The van der Waals surface area contributed by atoms with Crippen LogP contribution < -0.4 is 10.1 Å². The Bertz CT molecular complexity index is 982. The summed E-state index contributed by atoms with van der Waals surface area (Å²) in [5.41, 5.74) is 4.31. The van der Waals surface area contributed by atoms with Gasteiger partial charge in [0.15, 0.2) is 13.2 Å². The molecule has 0 saturated heterocycles. The van der Waals surface area contributed by atoms with Crippen molar-refractivity contribution in [2.24, 2.45) is 0 Å². The van der Waals surface area contributed by atoms with Gasteiger partial charge < -0.3 is 14.8 Å². The van der Waals surface area contributed by atoms with Gasteiger partial charge in [0, 0.05) is 16.9 Å². The van der Waals surface area contributed by atoms with Crippen molar-refractivity contribution in [3.8, 4) is 5.75 Å². The quantitative estimate of drug-likeness (QED) is 0.441. The van der Waals surface area contributed by atoms with Gasteiger partial charge in [0.1, 0.15) is 5.75 Å². The largest absolute Gasteiger partial charge is 0.482 e. The van der Waals surface area contributed by atoms with E-state index in [2.05, 4.69) is 5.32 Å². The first-order valence-electron chi connectivity index (χ1n) is 9.32. The Morgan fingerprint density at radius 2 is 1.52 bits per heavy atom. The summed E-state index contributed by atoms with van der Waals surface area (Å²) in [5.74, 6) is -0.271. The maximum absolute atomic E-state index is 12.3. The topological polar surface area (TPSA) is 64.6 Å². The fourth-order valence-corrected chi connectivity index (χ4v) is 2.77. The summed E-state index contributed by atoms with van der Waals surface area (Å²) < 4.78 is 10.5. The fraction of sp³-hybridized carbons (Fsp3) is 0.167. The summed E-state index contributed by atoms with van der Waals surface area (Å²) in [6, 6.07) is 22.7. The molecule has 0 aliphatic heterocycles. The van der Waals surface area contributed by atoms with E-state index in [0.717, 1.165) is 22.5 Å². The Balaban J connectivity index is 1.45. The van der Waals surface area contributed by atoms with Crippen molar-refractivity contribution >= 4 is 23.1 Å². The highest BCUT2D eigenvalue weighted by Gasteiger charge is 2.13. The highest BCUT2D eigenvalue weighted by Crippen LogP contribution is 2.20. The third-order valence-electron chi connectivity index (χ3n) is 4.33. The molecule has 0 atom stereocenters. The first kappa shape index (κ1) is 20.1. The number of benzene rings is 3. The van der Waals surface area contributed by atoms with E-state index in [1.807, 2.05) is 68.4 Å². The zero-order valence-corrected chi connectivity index (χ0v) is 16.5. The Morgan fingerprint density at radius 1 is 0.828 bits per heavy atom. The molecule has 148 valence electrons. The molecule has 0 unspecified atom stereocenters. The summed E-state index contributed by atoms with van der Waals surface area (Å²) in [4.78, 5) is 24.2. The van der Waals surface area contributed by atoms with Gasteiger partial charge in [0.05, 0.1) is 0 Å². The van der Waals surface area contributed by atoms with Crippen molar-refractivity contribution in [3.63, 3.8) is 0 Å². The van der Waals surface area contributed by atoms with Gasteiger partial charge in [0.25, 0.3) is 0 Å². The highest BCUT2D eigenvalue weighted by atomic mass is 16.6. The third-order valence-corrected chi connectivity index (χ3v) is 4.33. The summed E-state index contributed by atoms with van der Waals surface area (Å²) in [5, 5.41) is 3.27. The number of rotatable bonds is 8. The van der Waals surface area contributed by atoms with Crippen LogP contribution in [-0.2, 0) is 9.53 Å². The smallest absolute Gasteiger partial charge is 0.344 e. The molecular weight excluding hydrogens is 366 g/mol. The van der Waals surface area contributed by atoms with Crippen LogP contribution in [0.3, 0.4) is 0 Å². The Labute approximate surface area is 170 Å². The van der Waals surface area contributed by atoms with Gasteiger partial charge in [0.2, 0.25) is 5.78 Å². The van der Waals surface area contributed by atoms with Gasteiger partial charge in [-0.25, -0.2) is 4.79 Å². The number of ether oxygens (including phenoxy) is 2. The molecule has 29 heavy (non-hydrogen) atoms. The maximum Gasteiger partial charge on any atom is 0.344 e. The summed E-state index contributed by atoms with van der Waals surface area (Å²) in [6.07, 6.45) is 0. The van der Waals surface area contributed by atoms with Crippen molar-refractivity contribution in [1.29, 1.82) is 0 Å². The predicted octanol–water partition coefficient (Wildman–Crippen LogP) is 4.85. The van der Waals surface area contributed by atoms with Gasteiger partial charge in [-0.15, -0.1) is 0 Å². The van der Waals surface area contributed by atoms with Crippen molar-refractivity contribution < 1.29 is 19.1 Å². The molecule has 0 fully saturated rings. The molecule has 0 aromatic heterocycles. The molecule has 3 aromatic rings. The predicted molar refractivity (Wildman–Crippen MR) is 113 cm³/mol. The zero-order valence-electron chi connectivity index (χ0n) is 16.5. The average Bonchev–Trinajstić information content (AvgIpc) is 2.74. The minimum absolute atomic E-state index is 0.226. The fourth-order valence-electron chi connectivity index (χ4n) is 2.77. The van der Waals surface area contributed by atoms with Crippen LogP contribution >= 0.6 is 0 Å². The first-order chi connectivity index (χ1) is 14.0. The average molecular weight is 389 g/mol. The number of anilines is 2. The minimum Gasteiger partial charge on any atom is -0.482 e. The van der Waals surface area contributed by atoms with Crippen LogP contribution in [0.1, 0.15) is 21.5 Å². The number of hydrogen-bond donors (Lipinski definition) is 1. The minimum atomic E-state index is -0.588. The number of carbonyl (C=O) groups is 2. The third kappa shape index (κ3) is 5.94. The molecule has 0 amide bonds. The van der Waals surface area contributed by atoms with E-state index >= 15 is 0 Å². The molecule has 0 heterocycles. The molecule has 0 spiro atoms. The van der Waals surface area contributed by atoms with Crippen LogP contribution in [-0.4, -0.2) is 25.0 Å². The van der Waals surface area contributed by atoms with E-state index < -0.39 is 5.97 Å². The van der Waals surface area contributed by atoms with E-state index in [9.17, 15) is 9.59 Å². The van der Waals surface area contributed by atoms with Gasteiger partial charge in [-0.1, -0.05) is 35.9 Å². The number of carbonyl (C=O) groups excluding carboxylic acids is 2. The van der Waals surface area contributed by atoms with Gasteiger partial charge in [-0.3, -0.25) is 4.79 Å². The standard InChI is InChI=1S/C24H23NO4/c1-17-8-9-18(2)22(14-17)23(26)15-29-24(27)16-28-21-12-10-20(11-13-21)25-19-6-4-3-5-7-19/h3-14,25H,15-16H2,1-2H3. The van der Waals surface area contributed by atoms with Crippen LogP contribution in [0.15, 0.2) is 72.8 Å². The lowest BCUT2D eigenvalue weighted by Crippen LogP contribution is -2.20. The second kappa shape index (κ2) is 9.55. The number of hydrogen-bond acceptors (Lipinski definition) is 5. The Kier molecular flexibility index (Phi) is 6.63. The van der Waals surface area contributed by atoms with Crippen LogP contribution in [0.4, 0.5) is 11.4 Å². The number of para-hydroxylation sites is 1. The second-order valence-electron chi connectivity index (χ2n) is 6.71. The molecule has 3 aromatic carbocycles. The molecule has 0 bridgehead atoms. The van der Waals surface area contributed by atoms with E-state index in [0.29, 0.717) is 11.3 Å². The van der Waals surface area contributed by atoms with E-state index in [4.69, 9.17) is 9.47 Å². The molecular formula is C24H23NO4. The highest BCUT2D eigenvalue weighted by molar-refractivity contribution is 5.99. The molecule has 5 heteroatoms. The Hall–Kier alpha value is -3.60. The summed E-state index contributed by atoms with van der Waals surface area (Å²) >= 11 is 0. The lowest BCUT2D eigenvalue weighted by atomic mass is 10.0. The van der Waals surface area contributed by atoms with Crippen molar-refractivity contribution in [1.82, 2.24) is 0 Å². The first-order valence-corrected chi connectivity index (χ1v) is 9.32. The van der Waals surface area contributed by atoms with E-state index in [-0.39, 0.29) is 19.0 Å². The van der Waals surface area contributed by atoms with Crippen molar-refractivity contribution in [3.05, 3.63) is 89.5 Å². The molecule has 0 aliphatic carbocycles. The molecule has 3 rings (SSSR count). The summed E-state index contributed by atoms with van der Waals surface area (Å²) in [7, 11) is 0. The molecule has 5 nitrogen and oxygen atoms in total. The van der Waals surface area contributed by atoms with Crippen LogP contribution in [0.25, 0.3) is 0 Å². The van der Waals surface area contributed by atoms with Crippen LogP contribution in [0, 0.1) is 13.8 Å². The van der Waals surface area contributed by atoms with Crippen molar-refractivity contribution in [2.75, 3.05) is 18.5 Å². The maximum atomic E-state index is 12.3. The number of aryl methyl sites for hydroxylation is 2. The molecule has 1 N–H and O–H groups in total. The van der Waals surface area contributed by atoms with Gasteiger partial charge >= 0.3 is 5.97 Å². The SMILES string of the molecule is Cc1ccc(C)c(C(=O)COC(=O)COc2ccc(Nc3ccccc3)cc2)c1. The van der Waals surface area contributed by atoms with Crippen molar-refractivity contribution in [2.45, 2.75) is 13.8 Å². The number of esters is 1. The van der Waals surface area contributed by atoms with E-state index in [1.54, 1.807) is 18.2 Å². The summed E-state index contributed by atoms with van der Waals surface area (Å²) in [6.45, 7) is 3.21. The number of ketones is 1. The normalized spacial score (nSPS) is 10.3. The number of nitrogens with one attached hydrogen (secondary N) is 1.